The Bertz CT molecular complexity index is 9.61. The smallest absolute Gasteiger partial charge is 3.00 e. The molecule has 4 radical (unpaired) electrons. The summed E-state index contributed by atoms with van der Waals surface area (Å²) in [6, 6.07) is 0. The van der Waals surface area contributed by atoms with Crippen LogP contribution in [-0.2, 0) is 0 Å². The fourth-order valence-electron chi connectivity index (χ4n) is 0. The van der Waals surface area contributed by atoms with Crippen molar-refractivity contribution in [1.82, 2.24) is 0 Å². The predicted molar refractivity (Wildman–Crippen MR) is 24.0 cm³/mol. The Hall–Kier alpha value is 1.64. The van der Waals surface area contributed by atoms with Gasteiger partial charge in [0.05, 0.1) is 0 Å². The van der Waals surface area contributed by atoms with Crippen molar-refractivity contribution in [1.29, 1.82) is 0 Å². The van der Waals surface area contributed by atoms with Crippen molar-refractivity contribution in [2.45, 2.75) is 0 Å². The van der Waals surface area contributed by atoms with Gasteiger partial charge in [-0.15, -0.1) is 0 Å². The molecule has 0 unspecified atom stereocenters. The van der Waals surface area contributed by atoms with Crippen LogP contribution in [0.1, 0.15) is 0 Å². The summed E-state index contributed by atoms with van der Waals surface area (Å²) < 4.78 is 0. The average Bonchev–Trinajstić information content (AvgIpc) is 0. The van der Waals surface area contributed by atoms with Gasteiger partial charge in [0.1, 0.15) is 0 Å². The summed E-state index contributed by atoms with van der Waals surface area (Å²) in [5.41, 5.74) is 0. The first-order valence-corrected chi connectivity index (χ1v) is 0. The monoisotopic (exact) mass is 240 g/mol. The molecule has 0 aromatic heterocycles. The minimum atomic E-state index is 0. The molecule has 0 N–H and O–H groups in total. The molecule has 0 aliphatic heterocycles. The molecule has 0 fully saturated rings. The Morgan fingerprint density at radius 1 is 0.800 bits per heavy atom. The van der Waals surface area contributed by atoms with E-state index in [-0.39, 0.29) is 68.9 Å². The van der Waals surface area contributed by atoms with Gasteiger partial charge in [-0.3, -0.25) is 0 Å². The minimum absolute atomic E-state index is 0. The summed E-state index contributed by atoms with van der Waals surface area (Å²) >= 11 is 0. The van der Waals surface area contributed by atoms with E-state index in [4.69, 9.17) is 0 Å². The molecule has 2 nitrogen and oxygen atoms in total. The Balaban J connectivity index is 0. The van der Waals surface area contributed by atoms with Gasteiger partial charge in [0, 0.05) is 11.0 Å². The van der Waals surface area contributed by atoms with Crippen LogP contribution in [-0.4, -0.2) is 56.6 Å². The topological polar surface area (TPSA) is 61.0 Å². The summed E-state index contributed by atoms with van der Waals surface area (Å²) in [5, 5.41) is 0. The molecular weight excluding hydrogens is 241 g/mol. The minimum Gasteiger partial charge on any atom is -3.00 e. The molecule has 0 rings (SSSR count). The van der Waals surface area contributed by atoms with Gasteiger partial charge in [0.2, 0.25) is 0 Å². The standard InChI is InChI=1S/Ga.In.2N.Si/q2*+3;2*-3;. The number of rotatable bonds is 0. The van der Waals surface area contributed by atoms with E-state index in [1.165, 1.54) is 0 Å². The summed E-state index contributed by atoms with van der Waals surface area (Å²) in [7, 11) is 0. The third kappa shape index (κ3) is 27.7. The zero-order chi connectivity index (χ0) is 0. The van der Waals surface area contributed by atoms with Gasteiger partial charge in [0.25, 0.3) is 0 Å². The first-order chi connectivity index (χ1) is 0. The second-order valence-corrected chi connectivity index (χ2v) is 0. The van der Waals surface area contributed by atoms with Crippen LogP contribution in [0.3, 0.4) is 0 Å². The van der Waals surface area contributed by atoms with Crippen molar-refractivity contribution >= 4 is 56.6 Å². The molecule has 0 saturated heterocycles. The van der Waals surface area contributed by atoms with Crippen LogP contribution in [0.15, 0.2) is 0 Å². The second kappa shape index (κ2) is 45.1. The van der Waals surface area contributed by atoms with E-state index in [2.05, 4.69) is 0 Å². The summed E-state index contributed by atoms with van der Waals surface area (Å²) in [4.78, 5) is 0. The zero-order valence-electron chi connectivity index (χ0n) is 2.55. The quantitative estimate of drug-likeness (QED) is 0.510. The van der Waals surface area contributed by atoms with Crippen LogP contribution in [0.25, 0.3) is 12.3 Å². The number of hydrogen-bond acceptors (Lipinski definition) is 0. The van der Waals surface area contributed by atoms with Gasteiger partial charge >= 0.3 is 45.6 Å². The molecule has 0 saturated carbocycles. The molecule has 20 valence electrons. The van der Waals surface area contributed by atoms with Gasteiger partial charge in [-0.25, -0.2) is 0 Å². The van der Waals surface area contributed by atoms with Crippen molar-refractivity contribution in [2.24, 2.45) is 0 Å². The maximum absolute atomic E-state index is 0. The van der Waals surface area contributed by atoms with E-state index in [9.17, 15) is 0 Å². The molecule has 0 heterocycles. The summed E-state index contributed by atoms with van der Waals surface area (Å²) in [6.07, 6.45) is 0. The molecule has 0 amide bonds. The Morgan fingerprint density at radius 2 is 0.800 bits per heavy atom. The van der Waals surface area contributed by atoms with Crippen molar-refractivity contribution in [2.75, 3.05) is 0 Å². The van der Waals surface area contributed by atoms with Gasteiger partial charge in [-0.1, -0.05) is 0 Å². The van der Waals surface area contributed by atoms with E-state index in [1.54, 1.807) is 0 Å². The van der Waals surface area contributed by atoms with Crippen LogP contribution in [0.5, 0.6) is 0 Å². The average molecular weight is 241 g/mol. The predicted octanol–water partition coefficient (Wildman–Crippen LogP) is -0.565. The fraction of sp³-hybridized carbons (Fsp3) is 0. The molecular formula is GaInN2Si. The summed E-state index contributed by atoms with van der Waals surface area (Å²) in [6.45, 7) is 0. The maximum Gasteiger partial charge on any atom is 3.00 e. The van der Waals surface area contributed by atoms with E-state index < -0.39 is 0 Å². The van der Waals surface area contributed by atoms with Gasteiger partial charge in [0.15, 0.2) is 0 Å². The van der Waals surface area contributed by atoms with Crippen molar-refractivity contribution < 1.29 is 0 Å². The second-order valence-electron chi connectivity index (χ2n) is 0. The third-order valence-electron chi connectivity index (χ3n) is 0. The Morgan fingerprint density at radius 3 is 0.800 bits per heavy atom. The van der Waals surface area contributed by atoms with Crippen molar-refractivity contribution in [3.05, 3.63) is 12.3 Å². The van der Waals surface area contributed by atoms with Crippen LogP contribution >= 0.6 is 0 Å². The molecule has 0 aromatic carbocycles. The van der Waals surface area contributed by atoms with Crippen LogP contribution in [0, 0.1) is 0 Å². The normalized spacial score (nSPS) is 0. The molecule has 0 aliphatic carbocycles. The molecule has 0 aliphatic rings. The Kier molecular flexibility index (Phi) is 706. The van der Waals surface area contributed by atoms with E-state index >= 15 is 0 Å². The van der Waals surface area contributed by atoms with Gasteiger partial charge < -0.3 is 12.3 Å². The third-order valence-corrected chi connectivity index (χ3v) is 0. The zero-order valence-corrected chi connectivity index (χ0v) is 9.27. The van der Waals surface area contributed by atoms with E-state index in [0.29, 0.717) is 0 Å². The van der Waals surface area contributed by atoms with E-state index in [1.807, 2.05) is 0 Å². The van der Waals surface area contributed by atoms with Gasteiger partial charge in [-0.2, -0.15) is 0 Å². The maximum atomic E-state index is 0. The first kappa shape index (κ1) is 78.3. The summed E-state index contributed by atoms with van der Waals surface area (Å²) in [5.74, 6) is 0. The SMILES string of the molecule is [Ga+3].[In+3].[N-3].[N-3].[Si]. The van der Waals surface area contributed by atoms with Gasteiger partial charge in [-0.05, 0) is 0 Å². The largest absolute Gasteiger partial charge is 3.00 e. The molecule has 0 spiro atoms. The molecule has 5 heteroatoms. The molecule has 0 bridgehead atoms. The van der Waals surface area contributed by atoms with Crippen LogP contribution in [0.2, 0.25) is 0 Å². The van der Waals surface area contributed by atoms with Crippen LogP contribution in [0.4, 0.5) is 0 Å². The fourth-order valence-corrected chi connectivity index (χ4v) is 0. The van der Waals surface area contributed by atoms with E-state index in [0.717, 1.165) is 0 Å². The van der Waals surface area contributed by atoms with Crippen LogP contribution < -0.4 is 0 Å². The molecule has 0 atom stereocenters. The number of nitrogens with zero attached hydrogens (tertiary/aromatic N) is 2. The van der Waals surface area contributed by atoms with Crippen molar-refractivity contribution in [3.63, 3.8) is 0 Å². The number of hydrogen-bond donors (Lipinski definition) is 0. The first-order valence-electron chi connectivity index (χ1n) is 0. The van der Waals surface area contributed by atoms with Crippen molar-refractivity contribution in [3.8, 4) is 0 Å². The molecule has 0 aromatic rings. The molecule has 5 heavy (non-hydrogen) atoms. The Labute approximate surface area is 68.5 Å².